The van der Waals surface area contributed by atoms with Gasteiger partial charge in [-0.3, -0.25) is 4.79 Å². The second kappa shape index (κ2) is 11.6. The van der Waals surface area contributed by atoms with Crippen LogP contribution in [-0.2, 0) is 14.3 Å². The van der Waals surface area contributed by atoms with Gasteiger partial charge in [0.05, 0.1) is 25.9 Å². The van der Waals surface area contributed by atoms with Crippen LogP contribution in [-0.4, -0.2) is 99.7 Å². The second-order valence-corrected chi connectivity index (χ2v) is 5.10. The zero-order valence-corrected chi connectivity index (χ0v) is 13.2. The number of hydrogen-bond acceptors (Lipinski definition) is 9. The second-order valence-electron chi connectivity index (χ2n) is 5.10. The van der Waals surface area contributed by atoms with Crippen molar-refractivity contribution in [1.29, 1.82) is 0 Å². The summed E-state index contributed by atoms with van der Waals surface area (Å²) in [5, 5.41) is 58.8. The van der Waals surface area contributed by atoms with Gasteiger partial charge in [-0.15, -0.1) is 0 Å². The standard InChI is InChI=1S/C13H27NO9/c1-7(4-15)22-13(11(21)6-17)23-12(10(20)5-16)9(19)3-14-8(2)18/h7,9-13,15-17,19-21H,3-6H2,1-2H3,(H,14,18)/t7?,9?,10?,11?,12-,13-/m0/s1. The minimum Gasteiger partial charge on any atom is -0.394 e. The number of carbonyl (C=O) groups excluding carboxylic acids is 1. The lowest BCUT2D eigenvalue weighted by molar-refractivity contribution is -0.268. The molecule has 0 bridgehead atoms. The molecule has 0 aliphatic rings. The molecule has 0 spiro atoms. The number of aliphatic hydroxyl groups is 6. The average Bonchev–Trinajstić information content (AvgIpc) is 2.54. The summed E-state index contributed by atoms with van der Waals surface area (Å²) >= 11 is 0. The van der Waals surface area contributed by atoms with Gasteiger partial charge in [-0.1, -0.05) is 0 Å². The van der Waals surface area contributed by atoms with Gasteiger partial charge in [-0.25, -0.2) is 0 Å². The zero-order valence-electron chi connectivity index (χ0n) is 13.2. The van der Waals surface area contributed by atoms with Crippen LogP contribution in [0, 0.1) is 0 Å². The first-order chi connectivity index (χ1) is 10.8. The Balaban J connectivity index is 5.00. The van der Waals surface area contributed by atoms with E-state index in [9.17, 15) is 20.1 Å². The maximum atomic E-state index is 10.9. The van der Waals surface area contributed by atoms with Gasteiger partial charge in [0.1, 0.15) is 24.4 Å². The summed E-state index contributed by atoms with van der Waals surface area (Å²) in [5.41, 5.74) is 0. The molecule has 6 atom stereocenters. The van der Waals surface area contributed by atoms with Gasteiger partial charge >= 0.3 is 0 Å². The van der Waals surface area contributed by atoms with Crippen LogP contribution in [0.2, 0.25) is 0 Å². The highest BCUT2D eigenvalue weighted by molar-refractivity contribution is 5.72. The number of nitrogens with one attached hydrogen (secondary N) is 1. The van der Waals surface area contributed by atoms with Crippen molar-refractivity contribution >= 4 is 5.91 Å². The Morgan fingerprint density at radius 2 is 1.52 bits per heavy atom. The fourth-order valence-electron chi connectivity index (χ4n) is 1.63. The van der Waals surface area contributed by atoms with E-state index in [1.165, 1.54) is 13.8 Å². The molecular formula is C13H27NO9. The highest BCUT2D eigenvalue weighted by Crippen LogP contribution is 2.14. The third kappa shape index (κ3) is 8.53. The van der Waals surface area contributed by atoms with Crippen LogP contribution in [0.1, 0.15) is 13.8 Å². The molecule has 10 heteroatoms. The van der Waals surface area contributed by atoms with E-state index in [4.69, 9.17) is 24.8 Å². The number of aliphatic hydroxyl groups excluding tert-OH is 6. The molecule has 0 radical (unpaired) electrons. The first-order valence-corrected chi connectivity index (χ1v) is 7.18. The molecule has 0 fully saturated rings. The molecule has 10 nitrogen and oxygen atoms in total. The highest BCUT2D eigenvalue weighted by Gasteiger charge is 2.34. The van der Waals surface area contributed by atoms with Crippen molar-refractivity contribution in [1.82, 2.24) is 5.32 Å². The first kappa shape index (κ1) is 22.1. The maximum absolute atomic E-state index is 10.9. The monoisotopic (exact) mass is 341 g/mol. The van der Waals surface area contributed by atoms with E-state index in [0.29, 0.717) is 0 Å². The minimum absolute atomic E-state index is 0.269. The molecular weight excluding hydrogens is 314 g/mol. The predicted octanol–water partition coefficient (Wildman–Crippen LogP) is -3.70. The Labute approximate surface area is 134 Å². The van der Waals surface area contributed by atoms with Gasteiger partial charge in [0.15, 0.2) is 6.29 Å². The molecule has 0 heterocycles. The largest absolute Gasteiger partial charge is 0.394 e. The summed E-state index contributed by atoms with van der Waals surface area (Å²) in [6, 6.07) is 0. The van der Waals surface area contributed by atoms with E-state index < -0.39 is 55.9 Å². The fraction of sp³-hybridized carbons (Fsp3) is 0.923. The number of ether oxygens (including phenoxy) is 2. The summed E-state index contributed by atoms with van der Waals surface area (Å²) in [6.07, 6.45) is -8.09. The zero-order chi connectivity index (χ0) is 18.0. The molecule has 0 rings (SSSR count). The Bertz CT molecular complexity index is 331. The average molecular weight is 341 g/mol. The van der Waals surface area contributed by atoms with Gasteiger partial charge in [0.25, 0.3) is 0 Å². The lowest BCUT2D eigenvalue weighted by Crippen LogP contribution is -2.51. The van der Waals surface area contributed by atoms with Gasteiger partial charge < -0.3 is 45.4 Å². The molecule has 23 heavy (non-hydrogen) atoms. The Morgan fingerprint density at radius 1 is 0.957 bits per heavy atom. The first-order valence-electron chi connectivity index (χ1n) is 7.18. The SMILES string of the molecule is CC(=O)NCC(O)[C@H](O[C@H](OC(C)CO)C(O)CO)C(O)CO. The Kier molecular flexibility index (Phi) is 11.2. The molecule has 0 aromatic rings. The topological polar surface area (TPSA) is 169 Å². The molecule has 0 aliphatic carbocycles. The van der Waals surface area contributed by atoms with E-state index in [1.54, 1.807) is 0 Å². The Hall–Kier alpha value is -0.850. The number of hydrogen-bond donors (Lipinski definition) is 7. The molecule has 7 N–H and O–H groups in total. The van der Waals surface area contributed by atoms with E-state index in [1.807, 2.05) is 0 Å². The van der Waals surface area contributed by atoms with Crippen molar-refractivity contribution in [2.45, 2.75) is 50.7 Å². The number of rotatable bonds is 12. The van der Waals surface area contributed by atoms with Crippen LogP contribution in [0.4, 0.5) is 0 Å². The summed E-state index contributed by atoms with van der Waals surface area (Å²) in [4.78, 5) is 10.9. The van der Waals surface area contributed by atoms with E-state index in [-0.39, 0.29) is 13.2 Å². The molecule has 138 valence electrons. The van der Waals surface area contributed by atoms with Crippen LogP contribution in [0.3, 0.4) is 0 Å². The molecule has 0 aliphatic heterocycles. The van der Waals surface area contributed by atoms with Crippen molar-refractivity contribution in [2.75, 3.05) is 26.4 Å². The summed E-state index contributed by atoms with van der Waals surface area (Å²) in [5.74, 6) is -0.418. The fourth-order valence-corrected chi connectivity index (χ4v) is 1.63. The van der Waals surface area contributed by atoms with Crippen LogP contribution < -0.4 is 5.32 Å². The molecule has 4 unspecified atom stereocenters. The quantitative estimate of drug-likeness (QED) is 0.177. The third-order valence-electron chi connectivity index (χ3n) is 2.92. The summed E-state index contributed by atoms with van der Waals surface area (Å²) < 4.78 is 10.4. The summed E-state index contributed by atoms with van der Waals surface area (Å²) in [6.45, 7) is 0.571. The normalized spacial score (nSPS) is 19.5. The minimum atomic E-state index is -1.53. The molecule has 0 saturated carbocycles. The highest BCUT2D eigenvalue weighted by atomic mass is 16.7. The van der Waals surface area contributed by atoms with Gasteiger partial charge in [-0.05, 0) is 6.92 Å². The van der Waals surface area contributed by atoms with E-state index in [0.717, 1.165) is 0 Å². The van der Waals surface area contributed by atoms with Gasteiger partial charge in [0, 0.05) is 13.5 Å². The summed E-state index contributed by atoms with van der Waals surface area (Å²) in [7, 11) is 0. The molecule has 0 aromatic heterocycles. The van der Waals surface area contributed by atoms with Crippen LogP contribution in [0.15, 0.2) is 0 Å². The van der Waals surface area contributed by atoms with Gasteiger partial charge in [-0.2, -0.15) is 0 Å². The Morgan fingerprint density at radius 3 is 1.96 bits per heavy atom. The third-order valence-corrected chi connectivity index (χ3v) is 2.92. The van der Waals surface area contributed by atoms with Crippen molar-refractivity contribution in [3.63, 3.8) is 0 Å². The molecule has 0 aromatic carbocycles. The van der Waals surface area contributed by atoms with Gasteiger partial charge in [0.2, 0.25) is 5.91 Å². The smallest absolute Gasteiger partial charge is 0.216 e. The lowest BCUT2D eigenvalue weighted by Gasteiger charge is -2.33. The van der Waals surface area contributed by atoms with E-state index >= 15 is 0 Å². The van der Waals surface area contributed by atoms with Crippen molar-refractivity contribution in [2.24, 2.45) is 0 Å². The van der Waals surface area contributed by atoms with Crippen molar-refractivity contribution in [3.05, 3.63) is 0 Å². The van der Waals surface area contributed by atoms with Crippen LogP contribution in [0.5, 0.6) is 0 Å². The van der Waals surface area contributed by atoms with Crippen LogP contribution >= 0.6 is 0 Å². The molecule has 1 amide bonds. The maximum Gasteiger partial charge on any atom is 0.216 e. The number of carbonyl (C=O) groups is 1. The lowest BCUT2D eigenvalue weighted by atomic mass is 10.1. The van der Waals surface area contributed by atoms with Crippen molar-refractivity contribution in [3.8, 4) is 0 Å². The molecule has 0 saturated heterocycles. The van der Waals surface area contributed by atoms with Crippen molar-refractivity contribution < 1.29 is 44.9 Å². The predicted molar refractivity (Wildman–Crippen MR) is 77.2 cm³/mol. The van der Waals surface area contributed by atoms with E-state index in [2.05, 4.69) is 5.32 Å². The van der Waals surface area contributed by atoms with Crippen LogP contribution in [0.25, 0.3) is 0 Å². The number of amides is 1.